The number of hydrogen-bond acceptors (Lipinski definition) is 5. The van der Waals surface area contributed by atoms with E-state index in [0.717, 1.165) is 18.8 Å². The van der Waals surface area contributed by atoms with Gasteiger partial charge in [-0.3, -0.25) is 4.79 Å². The summed E-state index contributed by atoms with van der Waals surface area (Å²) in [6.07, 6.45) is 2.70. The Kier molecular flexibility index (Phi) is 6.93. The third kappa shape index (κ3) is 5.41. The predicted molar refractivity (Wildman–Crippen MR) is 127 cm³/mol. The van der Waals surface area contributed by atoms with E-state index >= 15 is 0 Å². The summed E-state index contributed by atoms with van der Waals surface area (Å²) >= 11 is 0. The summed E-state index contributed by atoms with van der Waals surface area (Å²) in [4.78, 5) is 31.8. The molecule has 0 bridgehead atoms. The first kappa shape index (κ1) is 24.2. The van der Waals surface area contributed by atoms with Crippen LogP contribution in [0, 0.1) is 5.82 Å². The summed E-state index contributed by atoms with van der Waals surface area (Å²) in [6.45, 7) is 9.66. The molecule has 0 radical (unpaired) electrons. The predicted octanol–water partition coefficient (Wildman–Crippen LogP) is 3.51. The van der Waals surface area contributed by atoms with Crippen LogP contribution >= 0.6 is 0 Å². The number of aromatic nitrogens is 2. The third-order valence-corrected chi connectivity index (χ3v) is 6.43. The lowest BCUT2D eigenvalue weighted by atomic mass is 9.90. The average Bonchev–Trinajstić information content (AvgIpc) is 3.23. The zero-order chi connectivity index (χ0) is 24.5. The Morgan fingerprint density at radius 3 is 2.18 bits per heavy atom. The Morgan fingerprint density at radius 2 is 1.59 bits per heavy atom. The fourth-order valence-electron chi connectivity index (χ4n) is 4.55. The summed E-state index contributed by atoms with van der Waals surface area (Å²) < 4.78 is 20.8. The highest BCUT2D eigenvalue weighted by Gasteiger charge is 2.33. The fourth-order valence-corrected chi connectivity index (χ4v) is 4.55. The molecule has 8 nitrogen and oxygen atoms in total. The van der Waals surface area contributed by atoms with Crippen LogP contribution in [0.2, 0.25) is 0 Å². The van der Waals surface area contributed by atoms with Crippen molar-refractivity contribution in [1.82, 2.24) is 24.5 Å². The van der Waals surface area contributed by atoms with E-state index < -0.39 is 5.60 Å². The summed E-state index contributed by atoms with van der Waals surface area (Å²) in [5.41, 5.74) is 1.59. The molecule has 2 aliphatic heterocycles. The molecule has 34 heavy (non-hydrogen) atoms. The van der Waals surface area contributed by atoms with Crippen LogP contribution in [0.25, 0.3) is 5.69 Å². The van der Waals surface area contributed by atoms with Crippen molar-refractivity contribution in [3.05, 3.63) is 47.5 Å². The van der Waals surface area contributed by atoms with Crippen molar-refractivity contribution in [3.8, 4) is 5.69 Å². The highest BCUT2D eigenvalue weighted by atomic mass is 19.1. The molecular formula is C25H34FN5O3. The van der Waals surface area contributed by atoms with Gasteiger partial charge in [0.05, 0.1) is 23.1 Å². The van der Waals surface area contributed by atoms with Gasteiger partial charge in [0.15, 0.2) is 0 Å². The third-order valence-electron chi connectivity index (χ3n) is 6.43. The highest BCUT2D eigenvalue weighted by molar-refractivity contribution is 5.95. The fraction of sp³-hybridized carbons (Fsp3) is 0.560. The van der Waals surface area contributed by atoms with Gasteiger partial charge in [0.25, 0.3) is 5.91 Å². The second kappa shape index (κ2) is 9.74. The molecule has 0 atom stereocenters. The number of piperidine rings is 1. The van der Waals surface area contributed by atoms with E-state index in [1.165, 1.54) is 12.1 Å². The SMILES string of the molecule is CN1CCN(C(=O)c2cnn(-c3ccc(F)cc3)c2C2CCN(C(=O)OC(C)(C)C)CC2)CC1. The van der Waals surface area contributed by atoms with E-state index in [9.17, 15) is 14.0 Å². The summed E-state index contributed by atoms with van der Waals surface area (Å²) in [6, 6.07) is 6.14. The van der Waals surface area contributed by atoms with Gasteiger partial charge in [-0.05, 0) is 64.9 Å². The van der Waals surface area contributed by atoms with Gasteiger partial charge in [-0.15, -0.1) is 0 Å². The van der Waals surface area contributed by atoms with Crippen molar-refractivity contribution in [2.24, 2.45) is 0 Å². The lowest BCUT2D eigenvalue weighted by molar-refractivity contribution is 0.0202. The Hall–Kier alpha value is -2.94. The molecule has 2 fully saturated rings. The minimum Gasteiger partial charge on any atom is -0.444 e. The maximum atomic E-state index is 13.6. The first-order valence-electron chi connectivity index (χ1n) is 11.9. The number of nitrogens with zero attached hydrogens (tertiary/aromatic N) is 5. The van der Waals surface area contributed by atoms with Gasteiger partial charge in [0, 0.05) is 45.2 Å². The van der Waals surface area contributed by atoms with Gasteiger partial charge in [-0.25, -0.2) is 13.9 Å². The van der Waals surface area contributed by atoms with Crippen LogP contribution in [-0.4, -0.2) is 88.4 Å². The maximum Gasteiger partial charge on any atom is 0.410 e. The van der Waals surface area contributed by atoms with Crippen LogP contribution < -0.4 is 0 Å². The molecule has 2 saturated heterocycles. The van der Waals surface area contributed by atoms with Gasteiger partial charge in [0.1, 0.15) is 11.4 Å². The molecule has 2 aromatic rings. The second-order valence-corrected chi connectivity index (χ2v) is 10.2. The van der Waals surface area contributed by atoms with Gasteiger partial charge in [-0.2, -0.15) is 5.10 Å². The summed E-state index contributed by atoms with van der Waals surface area (Å²) in [5, 5.41) is 4.56. The molecule has 0 N–H and O–H groups in total. The number of hydrogen-bond donors (Lipinski definition) is 0. The number of carbonyl (C=O) groups excluding carboxylic acids is 2. The number of piperazine rings is 1. The molecule has 184 valence electrons. The average molecular weight is 472 g/mol. The molecule has 0 unspecified atom stereocenters. The number of amides is 2. The first-order chi connectivity index (χ1) is 16.1. The minimum atomic E-state index is -0.544. The van der Waals surface area contributed by atoms with E-state index in [2.05, 4.69) is 17.0 Å². The van der Waals surface area contributed by atoms with Crippen LogP contribution in [-0.2, 0) is 4.74 Å². The van der Waals surface area contributed by atoms with Crippen molar-refractivity contribution >= 4 is 12.0 Å². The molecule has 0 saturated carbocycles. The first-order valence-corrected chi connectivity index (χ1v) is 11.9. The number of halogens is 1. The lowest BCUT2D eigenvalue weighted by Crippen LogP contribution is -2.47. The Labute approximate surface area is 200 Å². The van der Waals surface area contributed by atoms with Crippen LogP contribution in [0.4, 0.5) is 9.18 Å². The molecule has 0 spiro atoms. The number of rotatable bonds is 3. The molecular weight excluding hydrogens is 437 g/mol. The largest absolute Gasteiger partial charge is 0.444 e. The quantitative estimate of drug-likeness (QED) is 0.685. The van der Waals surface area contributed by atoms with E-state index in [0.29, 0.717) is 50.3 Å². The highest BCUT2D eigenvalue weighted by Crippen LogP contribution is 2.33. The minimum absolute atomic E-state index is 0.0222. The second-order valence-electron chi connectivity index (χ2n) is 10.2. The topological polar surface area (TPSA) is 70.9 Å². The maximum absolute atomic E-state index is 13.6. The van der Waals surface area contributed by atoms with Crippen molar-refractivity contribution in [2.75, 3.05) is 46.3 Å². The van der Waals surface area contributed by atoms with E-state index in [1.54, 1.807) is 27.9 Å². The molecule has 4 rings (SSSR count). The van der Waals surface area contributed by atoms with Crippen molar-refractivity contribution in [2.45, 2.75) is 45.1 Å². The van der Waals surface area contributed by atoms with E-state index in [-0.39, 0.29) is 23.7 Å². The molecule has 1 aromatic heterocycles. The van der Waals surface area contributed by atoms with Gasteiger partial charge in [-0.1, -0.05) is 0 Å². The number of likely N-dealkylation sites (N-methyl/N-ethyl adjacent to an activating group) is 1. The zero-order valence-corrected chi connectivity index (χ0v) is 20.5. The summed E-state index contributed by atoms with van der Waals surface area (Å²) in [7, 11) is 2.05. The van der Waals surface area contributed by atoms with Crippen LogP contribution in [0.5, 0.6) is 0 Å². The Balaban J connectivity index is 1.59. The summed E-state index contributed by atoms with van der Waals surface area (Å²) in [5.74, 6) is -0.305. The van der Waals surface area contributed by atoms with Crippen LogP contribution in [0.1, 0.15) is 55.6 Å². The molecule has 2 aliphatic rings. The zero-order valence-electron chi connectivity index (χ0n) is 20.5. The standard InChI is InChI=1S/C25H34FN5O3/c1-25(2,3)34-24(33)30-11-9-18(10-12-30)22-21(23(32)29-15-13-28(4)14-16-29)17-27-31(22)20-7-5-19(26)6-8-20/h5-8,17-18H,9-16H2,1-4H3. The smallest absolute Gasteiger partial charge is 0.410 e. The van der Waals surface area contributed by atoms with Crippen molar-refractivity contribution in [3.63, 3.8) is 0 Å². The van der Waals surface area contributed by atoms with Crippen LogP contribution in [0.3, 0.4) is 0 Å². The molecule has 2 amide bonds. The Bertz CT molecular complexity index is 1010. The molecule has 3 heterocycles. The van der Waals surface area contributed by atoms with E-state index in [4.69, 9.17) is 4.74 Å². The number of ether oxygens (including phenoxy) is 1. The monoisotopic (exact) mass is 471 g/mol. The van der Waals surface area contributed by atoms with Gasteiger partial charge < -0.3 is 19.4 Å². The number of likely N-dealkylation sites (tertiary alicyclic amines) is 1. The Morgan fingerprint density at radius 1 is 0.971 bits per heavy atom. The van der Waals surface area contributed by atoms with Crippen LogP contribution in [0.15, 0.2) is 30.5 Å². The normalized spacial score (nSPS) is 18.3. The lowest BCUT2D eigenvalue weighted by Gasteiger charge is -2.35. The molecule has 1 aromatic carbocycles. The van der Waals surface area contributed by atoms with Crippen molar-refractivity contribution < 1.29 is 18.7 Å². The molecule has 9 heteroatoms. The number of benzene rings is 1. The number of carbonyl (C=O) groups is 2. The van der Waals surface area contributed by atoms with Crippen molar-refractivity contribution in [1.29, 1.82) is 0 Å². The van der Waals surface area contributed by atoms with Gasteiger partial charge >= 0.3 is 6.09 Å². The molecule has 0 aliphatic carbocycles. The van der Waals surface area contributed by atoms with E-state index in [1.807, 2.05) is 25.7 Å². The van der Waals surface area contributed by atoms with Gasteiger partial charge in [0.2, 0.25) is 0 Å².